The standard InChI is InChI=1S/C21H19NO6/c1-13(2)27-20(24)14-7-9-16(10-8-14)22-19(23)12-26-21(25)18-11-15-5-3-4-6-17(15)28-18/h3-11,13H,12H2,1-2H3,(H,22,23). The van der Waals surface area contributed by atoms with Crippen molar-refractivity contribution in [3.05, 3.63) is 65.9 Å². The van der Waals surface area contributed by atoms with Gasteiger partial charge in [0.15, 0.2) is 6.61 Å². The van der Waals surface area contributed by atoms with E-state index in [1.165, 1.54) is 0 Å². The maximum absolute atomic E-state index is 12.0. The first kappa shape index (κ1) is 19.2. The van der Waals surface area contributed by atoms with E-state index < -0.39 is 24.5 Å². The third kappa shape index (κ3) is 4.76. The zero-order chi connectivity index (χ0) is 20.1. The van der Waals surface area contributed by atoms with Gasteiger partial charge < -0.3 is 19.2 Å². The lowest BCUT2D eigenvalue weighted by Crippen LogP contribution is -2.20. The number of para-hydroxylation sites is 1. The summed E-state index contributed by atoms with van der Waals surface area (Å²) in [6, 6.07) is 14.9. The van der Waals surface area contributed by atoms with Gasteiger partial charge in [0, 0.05) is 11.1 Å². The second-order valence-electron chi connectivity index (χ2n) is 6.30. The Hall–Kier alpha value is -3.61. The van der Waals surface area contributed by atoms with E-state index in [-0.39, 0.29) is 11.9 Å². The zero-order valence-electron chi connectivity index (χ0n) is 15.4. The Morgan fingerprint density at radius 2 is 1.71 bits per heavy atom. The zero-order valence-corrected chi connectivity index (χ0v) is 15.4. The van der Waals surface area contributed by atoms with Gasteiger partial charge in [-0.1, -0.05) is 18.2 Å². The van der Waals surface area contributed by atoms with Crippen molar-refractivity contribution in [2.45, 2.75) is 20.0 Å². The molecule has 0 saturated carbocycles. The quantitative estimate of drug-likeness (QED) is 0.653. The second kappa shape index (κ2) is 8.39. The molecule has 0 aliphatic rings. The molecule has 0 radical (unpaired) electrons. The molecule has 2 aromatic carbocycles. The molecule has 0 fully saturated rings. The molecule has 1 aromatic heterocycles. The first-order valence-corrected chi connectivity index (χ1v) is 8.69. The third-order valence-electron chi connectivity index (χ3n) is 3.71. The van der Waals surface area contributed by atoms with Crippen LogP contribution >= 0.6 is 0 Å². The van der Waals surface area contributed by atoms with Crippen molar-refractivity contribution < 1.29 is 28.3 Å². The maximum atomic E-state index is 12.0. The molecule has 7 nitrogen and oxygen atoms in total. The maximum Gasteiger partial charge on any atom is 0.374 e. The van der Waals surface area contributed by atoms with Crippen LogP contribution in [0.4, 0.5) is 5.69 Å². The van der Waals surface area contributed by atoms with Gasteiger partial charge in [0.05, 0.1) is 11.7 Å². The first-order chi connectivity index (χ1) is 13.4. The summed E-state index contributed by atoms with van der Waals surface area (Å²) in [6.07, 6.45) is -0.215. The summed E-state index contributed by atoms with van der Waals surface area (Å²) in [5.41, 5.74) is 1.41. The minimum Gasteiger partial charge on any atom is -0.459 e. The minimum absolute atomic E-state index is 0.0296. The van der Waals surface area contributed by atoms with Gasteiger partial charge in [-0.2, -0.15) is 0 Å². The van der Waals surface area contributed by atoms with Crippen molar-refractivity contribution in [1.82, 2.24) is 0 Å². The predicted molar refractivity (Wildman–Crippen MR) is 102 cm³/mol. The summed E-state index contributed by atoms with van der Waals surface area (Å²) < 4.78 is 15.5. The molecule has 1 amide bonds. The molecular weight excluding hydrogens is 362 g/mol. The number of anilines is 1. The van der Waals surface area contributed by atoms with Crippen LogP contribution in [0.15, 0.2) is 59.0 Å². The number of nitrogens with one attached hydrogen (secondary N) is 1. The van der Waals surface area contributed by atoms with E-state index in [1.54, 1.807) is 56.3 Å². The van der Waals surface area contributed by atoms with Crippen LogP contribution in [0.1, 0.15) is 34.8 Å². The van der Waals surface area contributed by atoms with E-state index in [4.69, 9.17) is 13.9 Å². The number of hydrogen-bond acceptors (Lipinski definition) is 6. The highest BCUT2D eigenvalue weighted by Crippen LogP contribution is 2.19. The highest BCUT2D eigenvalue weighted by molar-refractivity contribution is 5.97. The average molecular weight is 381 g/mol. The van der Waals surface area contributed by atoms with Crippen molar-refractivity contribution in [2.75, 3.05) is 11.9 Å². The van der Waals surface area contributed by atoms with Crippen molar-refractivity contribution in [3.8, 4) is 0 Å². The molecule has 0 atom stereocenters. The molecule has 28 heavy (non-hydrogen) atoms. The fourth-order valence-corrected chi connectivity index (χ4v) is 2.45. The molecular formula is C21H19NO6. The number of fused-ring (bicyclic) bond motifs is 1. The summed E-state index contributed by atoms with van der Waals surface area (Å²) in [7, 11) is 0. The van der Waals surface area contributed by atoms with E-state index in [9.17, 15) is 14.4 Å². The largest absolute Gasteiger partial charge is 0.459 e. The number of rotatable bonds is 6. The van der Waals surface area contributed by atoms with Crippen molar-refractivity contribution in [3.63, 3.8) is 0 Å². The average Bonchev–Trinajstić information content (AvgIpc) is 3.10. The van der Waals surface area contributed by atoms with Crippen LogP contribution in [-0.2, 0) is 14.3 Å². The highest BCUT2D eigenvalue weighted by Gasteiger charge is 2.15. The summed E-state index contributed by atoms with van der Waals surface area (Å²) in [4.78, 5) is 35.8. The van der Waals surface area contributed by atoms with Crippen LogP contribution in [0.25, 0.3) is 11.0 Å². The van der Waals surface area contributed by atoms with Crippen LogP contribution < -0.4 is 5.32 Å². The molecule has 0 aliphatic carbocycles. The molecule has 1 heterocycles. The van der Waals surface area contributed by atoms with Gasteiger partial charge in [-0.05, 0) is 50.2 Å². The number of esters is 2. The Labute approximate surface area is 161 Å². The lowest BCUT2D eigenvalue weighted by atomic mass is 10.2. The Balaban J connectivity index is 1.52. The van der Waals surface area contributed by atoms with Gasteiger partial charge in [0.1, 0.15) is 5.58 Å². The molecule has 1 N–H and O–H groups in total. The smallest absolute Gasteiger partial charge is 0.374 e. The number of hydrogen-bond donors (Lipinski definition) is 1. The fourth-order valence-electron chi connectivity index (χ4n) is 2.45. The van der Waals surface area contributed by atoms with Crippen LogP contribution in [0.3, 0.4) is 0 Å². The van der Waals surface area contributed by atoms with Crippen LogP contribution in [0, 0.1) is 0 Å². The number of benzene rings is 2. The van der Waals surface area contributed by atoms with Crippen molar-refractivity contribution in [2.24, 2.45) is 0 Å². The number of carbonyl (C=O) groups excluding carboxylic acids is 3. The molecule has 144 valence electrons. The van der Waals surface area contributed by atoms with Gasteiger partial charge >= 0.3 is 11.9 Å². The SMILES string of the molecule is CC(C)OC(=O)c1ccc(NC(=O)COC(=O)c2cc3ccccc3o2)cc1. The van der Waals surface area contributed by atoms with Crippen molar-refractivity contribution >= 4 is 34.5 Å². The van der Waals surface area contributed by atoms with Gasteiger partial charge in [-0.15, -0.1) is 0 Å². The number of furan rings is 1. The lowest BCUT2D eigenvalue weighted by Gasteiger charge is -2.09. The molecule has 0 saturated heterocycles. The van der Waals surface area contributed by atoms with E-state index in [0.717, 1.165) is 5.39 Å². The first-order valence-electron chi connectivity index (χ1n) is 8.69. The van der Waals surface area contributed by atoms with E-state index >= 15 is 0 Å². The summed E-state index contributed by atoms with van der Waals surface area (Å²) in [5.74, 6) is -1.64. The minimum atomic E-state index is -0.724. The van der Waals surface area contributed by atoms with Gasteiger partial charge in [-0.3, -0.25) is 4.79 Å². The highest BCUT2D eigenvalue weighted by atomic mass is 16.5. The van der Waals surface area contributed by atoms with E-state index in [2.05, 4.69) is 5.32 Å². The Kier molecular flexibility index (Phi) is 5.74. The summed E-state index contributed by atoms with van der Waals surface area (Å²) in [5, 5.41) is 3.36. The Morgan fingerprint density at radius 1 is 1.00 bits per heavy atom. The molecule has 7 heteroatoms. The molecule has 0 unspecified atom stereocenters. The molecule has 0 spiro atoms. The Bertz CT molecular complexity index is 970. The normalized spacial score (nSPS) is 10.7. The van der Waals surface area contributed by atoms with Gasteiger partial charge in [0.2, 0.25) is 5.76 Å². The number of ether oxygens (including phenoxy) is 2. The fraction of sp³-hybridized carbons (Fsp3) is 0.190. The number of amides is 1. The van der Waals surface area contributed by atoms with E-state index in [0.29, 0.717) is 16.8 Å². The number of carbonyl (C=O) groups is 3. The molecule has 3 aromatic rings. The van der Waals surface area contributed by atoms with E-state index in [1.807, 2.05) is 12.1 Å². The summed E-state index contributed by atoms with van der Waals surface area (Å²) >= 11 is 0. The second-order valence-corrected chi connectivity index (χ2v) is 6.30. The molecule has 0 bridgehead atoms. The topological polar surface area (TPSA) is 94.8 Å². The monoisotopic (exact) mass is 381 g/mol. The lowest BCUT2D eigenvalue weighted by molar-refractivity contribution is -0.119. The van der Waals surface area contributed by atoms with Crippen molar-refractivity contribution in [1.29, 1.82) is 0 Å². The third-order valence-corrected chi connectivity index (χ3v) is 3.71. The predicted octanol–water partition coefficient (Wildman–Crippen LogP) is 3.79. The van der Waals surface area contributed by atoms with Crippen LogP contribution in [0.5, 0.6) is 0 Å². The summed E-state index contributed by atoms with van der Waals surface area (Å²) in [6.45, 7) is 3.06. The van der Waals surface area contributed by atoms with Crippen LogP contribution in [0.2, 0.25) is 0 Å². The molecule has 3 rings (SSSR count). The van der Waals surface area contributed by atoms with Crippen LogP contribution in [-0.4, -0.2) is 30.6 Å². The van der Waals surface area contributed by atoms with Gasteiger partial charge in [-0.25, -0.2) is 9.59 Å². The Morgan fingerprint density at radius 3 is 2.39 bits per heavy atom. The molecule has 0 aliphatic heterocycles. The van der Waals surface area contributed by atoms with Gasteiger partial charge in [0.25, 0.3) is 5.91 Å².